The van der Waals surface area contributed by atoms with Crippen molar-refractivity contribution in [2.24, 2.45) is 11.8 Å². The molecule has 6 heteroatoms. The molecule has 1 aromatic rings. The minimum absolute atomic E-state index is 0.127. The molecule has 2 heterocycles. The first kappa shape index (κ1) is 12.8. The Morgan fingerprint density at radius 2 is 2.05 bits per heavy atom. The number of nitrogens with one attached hydrogen (secondary N) is 1. The number of halogens is 1. The van der Waals surface area contributed by atoms with Crippen molar-refractivity contribution in [2.75, 3.05) is 26.2 Å². The summed E-state index contributed by atoms with van der Waals surface area (Å²) in [6.45, 7) is 4.84. The Morgan fingerprint density at radius 1 is 1.37 bits per heavy atom. The first-order valence-corrected chi connectivity index (χ1v) is 6.87. The summed E-state index contributed by atoms with van der Waals surface area (Å²) in [5.41, 5.74) is 0.880. The molecule has 0 amide bonds. The van der Waals surface area contributed by atoms with Crippen LogP contribution in [0, 0.1) is 22.0 Å². The van der Waals surface area contributed by atoms with Crippen LogP contribution in [0.2, 0.25) is 5.02 Å². The fourth-order valence-corrected chi connectivity index (χ4v) is 3.33. The van der Waals surface area contributed by atoms with Crippen molar-refractivity contribution >= 4 is 17.3 Å². The number of nitro benzene ring substituents is 1. The highest BCUT2D eigenvalue weighted by atomic mass is 35.5. The summed E-state index contributed by atoms with van der Waals surface area (Å²) in [7, 11) is 0. The summed E-state index contributed by atoms with van der Waals surface area (Å²) in [5.74, 6) is 1.40. The molecule has 0 bridgehead atoms. The fraction of sp³-hybridized carbons (Fsp3) is 0.538. The number of nitro groups is 1. The van der Waals surface area contributed by atoms with E-state index >= 15 is 0 Å². The summed E-state index contributed by atoms with van der Waals surface area (Å²) in [6, 6.07) is 4.94. The number of nitrogens with zero attached hydrogens (tertiary/aromatic N) is 2. The van der Waals surface area contributed by atoms with Gasteiger partial charge >= 0.3 is 0 Å². The highest BCUT2D eigenvalue weighted by molar-refractivity contribution is 6.30. The molecule has 5 nitrogen and oxygen atoms in total. The molecule has 3 rings (SSSR count). The van der Waals surface area contributed by atoms with Crippen LogP contribution in [0.15, 0.2) is 18.2 Å². The van der Waals surface area contributed by atoms with Crippen molar-refractivity contribution in [3.05, 3.63) is 38.9 Å². The van der Waals surface area contributed by atoms with E-state index < -0.39 is 0 Å². The third-order valence-electron chi connectivity index (χ3n) is 4.10. The van der Waals surface area contributed by atoms with Gasteiger partial charge in [0.25, 0.3) is 5.69 Å². The number of fused-ring (bicyclic) bond motifs is 1. The molecule has 19 heavy (non-hydrogen) atoms. The molecule has 2 saturated heterocycles. The number of hydrogen-bond acceptors (Lipinski definition) is 4. The summed E-state index contributed by atoms with van der Waals surface area (Å²) in [4.78, 5) is 13.0. The minimum atomic E-state index is -0.348. The van der Waals surface area contributed by atoms with Crippen LogP contribution >= 0.6 is 11.6 Å². The second kappa shape index (κ2) is 5.07. The Balaban J connectivity index is 1.75. The van der Waals surface area contributed by atoms with E-state index in [1.54, 1.807) is 12.1 Å². The highest BCUT2D eigenvalue weighted by Crippen LogP contribution is 2.30. The largest absolute Gasteiger partial charge is 0.316 e. The average molecular weight is 282 g/mol. The quantitative estimate of drug-likeness (QED) is 0.679. The van der Waals surface area contributed by atoms with Gasteiger partial charge in [0, 0.05) is 36.3 Å². The van der Waals surface area contributed by atoms with Crippen LogP contribution in [0.1, 0.15) is 5.56 Å². The molecule has 1 N–H and O–H groups in total. The van der Waals surface area contributed by atoms with Crippen molar-refractivity contribution in [2.45, 2.75) is 6.54 Å². The molecule has 0 saturated carbocycles. The molecule has 102 valence electrons. The number of likely N-dealkylation sites (tertiary alicyclic amines) is 1. The average Bonchev–Trinajstić information content (AvgIpc) is 2.91. The van der Waals surface area contributed by atoms with Gasteiger partial charge in [0.1, 0.15) is 0 Å². The van der Waals surface area contributed by atoms with Crippen molar-refractivity contribution in [1.82, 2.24) is 10.2 Å². The molecule has 0 aromatic heterocycles. The third kappa shape index (κ3) is 2.59. The van der Waals surface area contributed by atoms with Gasteiger partial charge in [-0.05, 0) is 37.1 Å². The van der Waals surface area contributed by atoms with E-state index in [0.29, 0.717) is 23.4 Å². The third-order valence-corrected chi connectivity index (χ3v) is 4.34. The molecule has 2 fully saturated rings. The normalized spacial score (nSPS) is 26.6. The van der Waals surface area contributed by atoms with Gasteiger partial charge in [-0.3, -0.25) is 15.0 Å². The van der Waals surface area contributed by atoms with Crippen LogP contribution in [-0.2, 0) is 6.54 Å². The molecule has 0 aliphatic carbocycles. The van der Waals surface area contributed by atoms with E-state index in [4.69, 9.17) is 11.6 Å². The zero-order valence-electron chi connectivity index (χ0n) is 10.5. The van der Waals surface area contributed by atoms with Gasteiger partial charge in [-0.15, -0.1) is 0 Å². The zero-order valence-corrected chi connectivity index (χ0v) is 11.3. The molecule has 0 spiro atoms. The SMILES string of the molecule is O=[N+]([O-])c1cc(Cl)ccc1CN1CC2CNCC2C1. The molecule has 2 aliphatic heterocycles. The van der Waals surface area contributed by atoms with Gasteiger partial charge < -0.3 is 5.32 Å². The molecular formula is C13H16ClN3O2. The van der Waals surface area contributed by atoms with Gasteiger partial charge in [0.05, 0.1) is 4.92 Å². The van der Waals surface area contributed by atoms with Crippen LogP contribution < -0.4 is 5.32 Å². The van der Waals surface area contributed by atoms with Gasteiger partial charge in [0.2, 0.25) is 0 Å². The lowest BCUT2D eigenvalue weighted by Crippen LogP contribution is -2.25. The van der Waals surface area contributed by atoms with Gasteiger partial charge in [0.15, 0.2) is 0 Å². The number of hydrogen-bond donors (Lipinski definition) is 1. The van der Waals surface area contributed by atoms with E-state index in [0.717, 1.165) is 31.7 Å². The van der Waals surface area contributed by atoms with Crippen molar-refractivity contribution in [3.63, 3.8) is 0 Å². The first-order chi connectivity index (χ1) is 9.13. The Kier molecular flexibility index (Phi) is 3.43. The lowest BCUT2D eigenvalue weighted by Gasteiger charge is -2.17. The number of benzene rings is 1. The van der Waals surface area contributed by atoms with Gasteiger partial charge in [-0.1, -0.05) is 11.6 Å². The first-order valence-electron chi connectivity index (χ1n) is 6.49. The van der Waals surface area contributed by atoms with Crippen LogP contribution in [-0.4, -0.2) is 36.0 Å². The summed E-state index contributed by atoms with van der Waals surface area (Å²) < 4.78 is 0. The predicted octanol–water partition coefficient (Wildman–Crippen LogP) is 1.90. The lowest BCUT2D eigenvalue weighted by atomic mass is 10.0. The topological polar surface area (TPSA) is 58.4 Å². The van der Waals surface area contributed by atoms with Crippen LogP contribution in [0.5, 0.6) is 0 Å². The molecule has 0 radical (unpaired) electrons. The molecule has 2 atom stereocenters. The highest BCUT2D eigenvalue weighted by Gasteiger charge is 2.36. The Labute approximate surface area is 116 Å². The second-order valence-electron chi connectivity index (χ2n) is 5.40. The lowest BCUT2D eigenvalue weighted by molar-refractivity contribution is -0.385. The Morgan fingerprint density at radius 3 is 2.68 bits per heavy atom. The van der Waals surface area contributed by atoms with Crippen molar-refractivity contribution < 1.29 is 4.92 Å². The van der Waals surface area contributed by atoms with E-state index in [1.165, 1.54) is 6.07 Å². The van der Waals surface area contributed by atoms with Gasteiger partial charge in [-0.25, -0.2) is 0 Å². The second-order valence-corrected chi connectivity index (χ2v) is 5.84. The van der Waals surface area contributed by atoms with E-state index in [2.05, 4.69) is 10.2 Å². The van der Waals surface area contributed by atoms with E-state index in [-0.39, 0.29) is 10.6 Å². The smallest absolute Gasteiger partial charge is 0.275 e. The fourth-order valence-electron chi connectivity index (χ4n) is 3.16. The van der Waals surface area contributed by atoms with E-state index in [9.17, 15) is 10.1 Å². The number of rotatable bonds is 3. The molecule has 2 aliphatic rings. The standard InChI is InChI=1S/C13H16ClN3O2/c14-12-2-1-9(13(3-12)17(18)19)6-16-7-10-4-15-5-11(10)8-16/h1-3,10-11,15H,4-8H2. The molecule has 2 unspecified atom stereocenters. The summed E-state index contributed by atoms with van der Waals surface area (Å²) in [6.07, 6.45) is 0. The Bertz CT molecular complexity index is 497. The minimum Gasteiger partial charge on any atom is -0.316 e. The Hall–Kier alpha value is -1.17. The maximum absolute atomic E-state index is 11.1. The van der Waals surface area contributed by atoms with E-state index in [1.807, 2.05) is 0 Å². The molecule has 1 aromatic carbocycles. The summed E-state index contributed by atoms with van der Waals surface area (Å²) in [5, 5.41) is 14.9. The summed E-state index contributed by atoms with van der Waals surface area (Å²) >= 11 is 5.83. The zero-order chi connectivity index (χ0) is 13.4. The van der Waals surface area contributed by atoms with Crippen LogP contribution in [0.25, 0.3) is 0 Å². The maximum atomic E-state index is 11.1. The predicted molar refractivity (Wildman–Crippen MR) is 73.2 cm³/mol. The monoisotopic (exact) mass is 281 g/mol. The maximum Gasteiger partial charge on any atom is 0.275 e. The van der Waals surface area contributed by atoms with Crippen molar-refractivity contribution in [1.29, 1.82) is 0 Å². The van der Waals surface area contributed by atoms with Gasteiger partial charge in [-0.2, -0.15) is 0 Å². The van der Waals surface area contributed by atoms with Crippen molar-refractivity contribution in [3.8, 4) is 0 Å². The van der Waals surface area contributed by atoms with Crippen LogP contribution in [0.3, 0.4) is 0 Å². The molecular weight excluding hydrogens is 266 g/mol. The van der Waals surface area contributed by atoms with Crippen LogP contribution in [0.4, 0.5) is 5.69 Å².